The van der Waals surface area contributed by atoms with Gasteiger partial charge in [0, 0.05) is 6.54 Å². The smallest absolute Gasteiger partial charge is 0.162 e. The number of halogens is 2. The van der Waals surface area contributed by atoms with E-state index < -0.39 is 5.82 Å². The van der Waals surface area contributed by atoms with Crippen LogP contribution >= 0.6 is 15.9 Å². The number of ketones is 1. The molecule has 1 aliphatic rings. The highest BCUT2D eigenvalue weighted by atomic mass is 79.9. The van der Waals surface area contributed by atoms with Crippen LogP contribution in [0.2, 0.25) is 0 Å². The maximum absolute atomic E-state index is 14.3. The first kappa shape index (κ1) is 14.0. The van der Waals surface area contributed by atoms with E-state index in [1.54, 1.807) is 19.1 Å². The summed E-state index contributed by atoms with van der Waals surface area (Å²) in [6.07, 6.45) is 2.69. The van der Waals surface area contributed by atoms with Gasteiger partial charge < -0.3 is 4.90 Å². The number of nitrogens with zero attached hydrogens (tertiary/aromatic N) is 2. The first-order chi connectivity index (χ1) is 9.06. The van der Waals surface area contributed by atoms with Crippen LogP contribution in [0.5, 0.6) is 0 Å². The lowest BCUT2D eigenvalue weighted by Gasteiger charge is -2.36. The first-order valence-corrected chi connectivity index (χ1v) is 7.00. The summed E-state index contributed by atoms with van der Waals surface area (Å²) in [5.41, 5.74) is 0.656. The van der Waals surface area contributed by atoms with Crippen molar-refractivity contribution in [3.63, 3.8) is 0 Å². The van der Waals surface area contributed by atoms with Crippen molar-refractivity contribution in [1.82, 2.24) is 0 Å². The number of hydrogen-bond acceptors (Lipinski definition) is 3. The standard InChI is InChI=1S/C14H14BrFN2O/c1-9(19)11-4-2-3-7-18(11)12-6-5-10(8-17)13(15)14(12)16/h5-6,11H,2-4,7H2,1H3. The summed E-state index contributed by atoms with van der Waals surface area (Å²) in [6.45, 7) is 2.21. The van der Waals surface area contributed by atoms with E-state index in [1.807, 2.05) is 11.0 Å². The van der Waals surface area contributed by atoms with Crippen LogP contribution in [-0.2, 0) is 4.79 Å². The van der Waals surface area contributed by atoms with Gasteiger partial charge in [0.05, 0.1) is 21.8 Å². The number of rotatable bonds is 2. The average Bonchev–Trinajstić information content (AvgIpc) is 2.42. The van der Waals surface area contributed by atoms with Crippen molar-refractivity contribution in [2.45, 2.75) is 32.2 Å². The highest BCUT2D eigenvalue weighted by molar-refractivity contribution is 9.10. The van der Waals surface area contributed by atoms with Crippen molar-refractivity contribution in [2.75, 3.05) is 11.4 Å². The Labute approximate surface area is 120 Å². The summed E-state index contributed by atoms with van der Waals surface area (Å²) in [6, 6.07) is 4.83. The molecule has 0 radical (unpaired) electrons. The summed E-state index contributed by atoms with van der Waals surface area (Å²) in [4.78, 5) is 13.5. The normalized spacial score (nSPS) is 19.1. The third-order valence-electron chi connectivity index (χ3n) is 3.46. The van der Waals surface area contributed by atoms with Crippen LogP contribution in [0.3, 0.4) is 0 Å². The maximum atomic E-state index is 14.3. The monoisotopic (exact) mass is 324 g/mol. The second-order valence-electron chi connectivity index (χ2n) is 4.69. The molecule has 0 aliphatic carbocycles. The lowest BCUT2D eigenvalue weighted by molar-refractivity contribution is -0.118. The van der Waals surface area contributed by atoms with Gasteiger partial charge in [-0.2, -0.15) is 5.26 Å². The fourth-order valence-electron chi connectivity index (χ4n) is 2.49. The molecular weight excluding hydrogens is 311 g/mol. The number of anilines is 1. The molecular formula is C14H14BrFN2O. The zero-order chi connectivity index (χ0) is 14.0. The van der Waals surface area contributed by atoms with Gasteiger partial charge in [0.25, 0.3) is 0 Å². The molecule has 0 saturated carbocycles. The van der Waals surface area contributed by atoms with Crippen molar-refractivity contribution >= 4 is 27.4 Å². The van der Waals surface area contributed by atoms with Gasteiger partial charge in [-0.05, 0) is 54.2 Å². The summed E-state index contributed by atoms with van der Waals surface area (Å²) >= 11 is 3.11. The molecule has 0 bridgehead atoms. The number of piperidine rings is 1. The van der Waals surface area contributed by atoms with Crippen LogP contribution in [0.25, 0.3) is 0 Å². The van der Waals surface area contributed by atoms with E-state index in [0.717, 1.165) is 19.3 Å². The van der Waals surface area contributed by atoms with Crippen LogP contribution in [0.1, 0.15) is 31.7 Å². The third-order valence-corrected chi connectivity index (χ3v) is 4.24. The van der Waals surface area contributed by atoms with E-state index in [0.29, 0.717) is 12.2 Å². The van der Waals surface area contributed by atoms with Crippen molar-refractivity contribution in [3.8, 4) is 6.07 Å². The molecule has 1 fully saturated rings. The fourth-order valence-corrected chi connectivity index (χ4v) is 2.91. The Kier molecular flexibility index (Phi) is 4.20. The van der Waals surface area contributed by atoms with Gasteiger partial charge in [-0.15, -0.1) is 0 Å². The molecule has 3 nitrogen and oxygen atoms in total. The van der Waals surface area contributed by atoms with Crippen LogP contribution < -0.4 is 4.90 Å². The molecule has 0 amide bonds. The molecule has 0 spiro atoms. The predicted molar refractivity (Wildman–Crippen MR) is 74.5 cm³/mol. The number of Topliss-reactive ketones (excluding diaryl/α,β-unsaturated/α-hetero) is 1. The zero-order valence-corrected chi connectivity index (χ0v) is 12.2. The largest absolute Gasteiger partial charge is 0.359 e. The maximum Gasteiger partial charge on any atom is 0.162 e. The molecule has 1 heterocycles. The summed E-state index contributed by atoms with van der Waals surface area (Å²) in [5.74, 6) is -0.410. The second-order valence-corrected chi connectivity index (χ2v) is 5.48. The minimum Gasteiger partial charge on any atom is -0.359 e. The summed E-state index contributed by atoms with van der Waals surface area (Å²) in [5, 5.41) is 8.87. The van der Waals surface area contributed by atoms with Crippen LogP contribution in [-0.4, -0.2) is 18.4 Å². The quantitative estimate of drug-likeness (QED) is 0.837. The van der Waals surface area contributed by atoms with Gasteiger partial charge >= 0.3 is 0 Å². The second kappa shape index (κ2) is 5.70. The molecule has 0 aromatic heterocycles. The topological polar surface area (TPSA) is 44.1 Å². The van der Waals surface area contributed by atoms with E-state index in [1.165, 1.54) is 0 Å². The van der Waals surface area contributed by atoms with E-state index in [4.69, 9.17) is 5.26 Å². The van der Waals surface area contributed by atoms with E-state index in [2.05, 4.69) is 15.9 Å². The third kappa shape index (κ3) is 2.64. The molecule has 1 saturated heterocycles. The van der Waals surface area contributed by atoms with Gasteiger partial charge in [-0.3, -0.25) is 4.79 Å². The van der Waals surface area contributed by atoms with Gasteiger partial charge in [-0.1, -0.05) is 0 Å². The molecule has 1 atom stereocenters. The molecule has 100 valence electrons. The Morgan fingerprint density at radius 3 is 2.89 bits per heavy atom. The van der Waals surface area contributed by atoms with E-state index in [-0.39, 0.29) is 21.9 Å². The number of hydrogen-bond donors (Lipinski definition) is 0. The molecule has 0 N–H and O–H groups in total. The minimum absolute atomic E-state index is 0.0552. The van der Waals surface area contributed by atoms with Crippen molar-refractivity contribution < 1.29 is 9.18 Å². The Hall–Kier alpha value is -1.41. The predicted octanol–water partition coefficient (Wildman–Crippen LogP) is 3.41. The lowest BCUT2D eigenvalue weighted by atomic mass is 9.98. The average molecular weight is 325 g/mol. The number of carbonyl (C=O) groups is 1. The number of nitriles is 1. The molecule has 1 aromatic carbocycles. The molecule has 5 heteroatoms. The van der Waals surface area contributed by atoms with Crippen LogP contribution in [0, 0.1) is 17.1 Å². The van der Waals surface area contributed by atoms with Crippen molar-refractivity contribution in [1.29, 1.82) is 5.26 Å². The van der Waals surface area contributed by atoms with Crippen LogP contribution in [0.4, 0.5) is 10.1 Å². The Morgan fingerprint density at radius 2 is 2.26 bits per heavy atom. The molecule has 1 unspecified atom stereocenters. The zero-order valence-electron chi connectivity index (χ0n) is 10.6. The Morgan fingerprint density at radius 1 is 1.53 bits per heavy atom. The summed E-state index contributed by atoms with van der Waals surface area (Å²) < 4.78 is 14.5. The Balaban J connectivity index is 2.43. The minimum atomic E-state index is -0.466. The van der Waals surface area contributed by atoms with Gasteiger partial charge in [-0.25, -0.2) is 4.39 Å². The molecule has 1 aliphatic heterocycles. The fraction of sp³-hybridized carbons (Fsp3) is 0.429. The SMILES string of the molecule is CC(=O)C1CCCCN1c1ccc(C#N)c(Br)c1F. The molecule has 2 rings (SSSR count). The highest BCUT2D eigenvalue weighted by Crippen LogP contribution is 2.33. The Bertz CT molecular complexity index is 553. The lowest BCUT2D eigenvalue weighted by Crippen LogP contribution is -2.44. The van der Waals surface area contributed by atoms with Gasteiger partial charge in [0.15, 0.2) is 11.6 Å². The number of benzene rings is 1. The molecule has 1 aromatic rings. The van der Waals surface area contributed by atoms with E-state index in [9.17, 15) is 9.18 Å². The van der Waals surface area contributed by atoms with Crippen molar-refractivity contribution in [3.05, 3.63) is 28.0 Å². The summed E-state index contributed by atoms with van der Waals surface area (Å²) in [7, 11) is 0. The van der Waals surface area contributed by atoms with E-state index >= 15 is 0 Å². The van der Waals surface area contributed by atoms with Crippen molar-refractivity contribution in [2.24, 2.45) is 0 Å². The first-order valence-electron chi connectivity index (χ1n) is 6.21. The molecule has 19 heavy (non-hydrogen) atoms. The highest BCUT2D eigenvalue weighted by Gasteiger charge is 2.28. The van der Waals surface area contributed by atoms with Gasteiger partial charge in [0.2, 0.25) is 0 Å². The number of carbonyl (C=O) groups excluding carboxylic acids is 1. The van der Waals surface area contributed by atoms with Gasteiger partial charge in [0.1, 0.15) is 6.07 Å². The van der Waals surface area contributed by atoms with Crippen LogP contribution in [0.15, 0.2) is 16.6 Å².